The summed E-state index contributed by atoms with van der Waals surface area (Å²) in [6, 6.07) is 10.8. The van der Waals surface area contributed by atoms with Crippen LogP contribution in [0.4, 0.5) is 0 Å². The molecule has 2 aromatic rings. The molecule has 1 aliphatic heterocycles. The van der Waals surface area contributed by atoms with Gasteiger partial charge in [-0.1, -0.05) is 38.0 Å². The fourth-order valence-electron chi connectivity index (χ4n) is 3.01. The third-order valence-corrected chi connectivity index (χ3v) is 4.04. The molecule has 0 aliphatic carbocycles. The molecule has 0 N–H and O–H groups in total. The van der Waals surface area contributed by atoms with Gasteiger partial charge in [-0.2, -0.15) is 0 Å². The van der Waals surface area contributed by atoms with Crippen LogP contribution in [0, 0.1) is 0 Å². The number of unbranched alkanes of at least 4 members (excludes halogenated alkanes) is 1. The van der Waals surface area contributed by atoms with Gasteiger partial charge in [-0.05, 0) is 47.2 Å². The van der Waals surface area contributed by atoms with Crippen molar-refractivity contribution in [3.63, 3.8) is 0 Å². The molecule has 1 aromatic heterocycles. The molecule has 0 amide bonds. The lowest BCUT2D eigenvalue weighted by Gasteiger charge is -2.28. The largest absolute Gasteiger partial charge is 0.373 e. The van der Waals surface area contributed by atoms with Crippen LogP contribution in [0.2, 0.25) is 0 Å². The molecule has 2 nitrogen and oxygen atoms in total. The minimum absolute atomic E-state index is 0.278. The minimum Gasteiger partial charge on any atom is -0.373 e. The first-order chi connectivity index (χ1) is 9.90. The van der Waals surface area contributed by atoms with Crippen molar-refractivity contribution in [1.82, 2.24) is 4.98 Å². The third-order valence-electron chi connectivity index (χ3n) is 4.04. The van der Waals surface area contributed by atoms with Gasteiger partial charge in [0.05, 0.1) is 12.7 Å². The van der Waals surface area contributed by atoms with E-state index in [0.29, 0.717) is 0 Å². The van der Waals surface area contributed by atoms with Crippen LogP contribution >= 0.6 is 0 Å². The Kier molecular flexibility index (Phi) is 4.12. The van der Waals surface area contributed by atoms with Crippen LogP contribution in [0.15, 0.2) is 42.7 Å². The Morgan fingerprint density at radius 1 is 1.20 bits per heavy atom. The van der Waals surface area contributed by atoms with Gasteiger partial charge in [-0.15, -0.1) is 0 Å². The van der Waals surface area contributed by atoms with Gasteiger partial charge in [-0.3, -0.25) is 4.98 Å². The lowest BCUT2D eigenvalue weighted by atomic mass is 9.88. The zero-order valence-electron chi connectivity index (χ0n) is 12.0. The second-order valence-corrected chi connectivity index (χ2v) is 5.36. The standard InChI is InChI=1S/C18H21NO/c1-2-3-7-18-17-6-4-5-15(16(17)10-13-20-18)14-8-11-19-12-9-14/h4-6,8-9,11-12,18H,2-3,7,10,13H2,1H3. The van der Waals surface area contributed by atoms with Crippen LogP contribution in [-0.2, 0) is 11.2 Å². The van der Waals surface area contributed by atoms with Crippen molar-refractivity contribution in [2.75, 3.05) is 6.61 Å². The normalized spacial score (nSPS) is 17.8. The molecule has 20 heavy (non-hydrogen) atoms. The molecule has 0 bridgehead atoms. The van der Waals surface area contributed by atoms with E-state index in [1.165, 1.54) is 35.1 Å². The summed E-state index contributed by atoms with van der Waals surface area (Å²) in [6.45, 7) is 3.07. The monoisotopic (exact) mass is 267 g/mol. The molecule has 2 heteroatoms. The van der Waals surface area contributed by atoms with Gasteiger partial charge in [0.2, 0.25) is 0 Å². The molecule has 3 rings (SSSR count). The maximum Gasteiger partial charge on any atom is 0.0828 e. The van der Waals surface area contributed by atoms with E-state index in [1.54, 1.807) is 0 Å². The predicted octanol–water partition coefficient (Wildman–Crippen LogP) is 4.55. The summed E-state index contributed by atoms with van der Waals surface area (Å²) >= 11 is 0. The van der Waals surface area contributed by atoms with Crippen LogP contribution in [0.3, 0.4) is 0 Å². The number of rotatable bonds is 4. The molecule has 104 valence electrons. The van der Waals surface area contributed by atoms with Crippen molar-refractivity contribution < 1.29 is 4.74 Å². The molecule has 1 aromatic carbocycles. The highest BCUT2D eigenvalue weighted by Gasteiger charge is 2.22. The maximum absolute atomic E-state index is 5.99. The number of hydrogen-bond donors (Lipinski definition) is 0. The Labute approximate surface area is 120 Å². The number of nitrogens with zero attached hydrogens (tertiary/aromatic N) is 1. The quantitative estimate of drug-likeness (QED) is 0.810. The Morgan fingerprint density at radius 3 is 2.85 bits per heavy atom. The summed E-state index contributed by atoms with van der Waals surface area (Å²) in [4.78, 5) is 4.11. The smallest absolute Gasteiger partial charge is 0.0828 e. The maximum atomic E-state index is 5.99. The summed E-state index contributed by atoms with van der Waals surface area (Å²) < 4.78 is 5.99. The summed E-state index contributed by atoms with van der Waals surface area (Å²) in [6.07, 6.45) is 8.59. The summed E-state index contributed by atoms with van der Waals surface area (Å²) in [5, 5.41) is 0. The van der Waals surface area contributed by atoms with Crippen molar-refractivity contribution in [2.24, 2.45) is 0 Å². The number of ether oxygens (including phenoxy) is 1. The second kappa shape index (κ2) is 6.19. The summed E-state index contributed by atoms with van der Waals surface area (Å²) in [5.41, 5.74) is 5.45. The molecular weight excluding hydrogens is 246 g/mol. The highest BCUT2D eigenvalue weighted by molar-refractivity contribution is 5.68. The molecule has 0 spiro atoms. The van der Waals surface area contributed by atoms with Crippen molar-refractivity contribution >= 4 is 0 Å². The van der Waals surface area contributed by atoms with E-state index in [9.17, 15) is 0 Å². The van der Waals surface area contributed by atoms with Crippen LogP contribution in [0.25, 0.3) is 11.1 Å². The number of aromatic nitrogens is 1. The molecule has 0 saturated heterocycles. The number of hydrogen-bond acceptors (Lipinski definition) is 2. The number of benzene rings is 1. The zero-order chi connectivity index (χ0) is 13.8. The zero-order valence-corrected chi connectivity index (χ0v) is 12.0. The van der Waals surface area contributed by atoms with Gasteiger partial charge in [0.15, 0.2) is 0 Å². The van der Waals surface area contributed by atoms with Gasteiger partial charge in [0, 0.05) is 12.4 Å². The fraction of sp³-hybridized carbons (Fsp3) is 0.389. The van der Waals surface area contributed by atoms with Crippen LogP contribution in [0.1, 0.15) is 43.4 Å². The SMILES string of the molecule is CCCCC1OCCc2c(-c3ccncc3)cccc21. The van der Waals surface area contributed by atoms with Gasteiger partial charge in [0.1, 0.15) is 0 Å². The molecular formula is C18H21NO. The molecule has 1 unspecified atom stereocenters. The Bertz CT molecular complexity index is 565. The van der Waals surface area contributed by atoms with E-state index < -0.39 is 0 Å². The first-order valence-electron chi connectivity index (χ1n) is 7.54. The number of fused-ring (bicyclic) bond motifs is 1. The van der Waals surface area contributed by atoms with E-state index >= 15 is 0 Å². The molecule has 0 radical (unpaired) electrons. The Hall–Kier alpha value is -1.67. The van der Waals surface area contributed by atoms with Gasteiger partial charge in [-0.25, -0.2) is 0 Å². The summed E-state index contributed by atoms with van der Waals surface area (Å²) in [5.74, 6) is 0. The molecule has 0 fully saturated rings. The third kappa shape index (κ3) is 2.61. The molecule has 1 atom stereocenters. The van der Waals surface area contributed by atoms with Crippen LogP contribution in [0.5, 0.6) is 0 Å². The van der Waals surface area contributed by atoms with Gasteiger partial charge < -0.3 is 4.74 Å². The first-order valence-corrected chi connectivity index (χ1v) is 7.54. The molecule has 0 saturated carbocycles. The number of pyridine rings is 1. The van der Waals surface area contributed by atoms with E-state index in [-0.39, 0.29) is 6.10 Å². The molecule has 2 heterocycles. The average Bonchev–Trinajstić information content (AvgIpc) is 2.53. The van der Waals surface area contributed by atoms with Crippen molar-refractivity contribution in [3.05, 3.63) is 53.9 Å². The van der Waals surface area contributed by atoms with Crippen molar-refractivity contribution in [3.8, 4) is 11.1 Å². The van der Waals surface area contributed by atoms with Gasteiger partial charge >= 0.3 is 0 Å². The minimum atomic E-state index is 0.278. The topological polar surface area (TPSA) is 22.1 Å². The van der Waals surface area contributed by atoms with Crippen LogP contribution in [-0.4, -0.2) is 11.6 Å². The molecule has 1 aliphatic rings. The van der Waals surface area contributed by atoms with E-state index in [4.69, 9.17) is 4.74 Å². The van der Waals surface area contributed by atoms with Crippen molar-refractivity contribution in [2.45, 2.75) is 38.7 Å². The van der Waals surface area contributed by atoms with E-state index in [0.717, 1.165) is 19.4 Å². The highest BCUT2D eigenvalue weighted by atomic mass is 16.5. The van der Waals surface area contributed by atoms with Gasteiger partial charge in [0.25, 0.3) is 0 Å². The lowest BCUT2D eigenvalue weighted by Crippen LogP contribution is -2.17. The predicted molar refractivity (Wildman–Crippen MR) is 81.6 cm³/mol. The average molecular weight is 267 g/mol. The van der Waals surface area contributed by atoms with E-state index in [2.05, 4.69) is 42.2 Å². The van der Waals surface area contributed by atoms with Crippen LogP contribution < -0.4 is 0 Å². The Balaban J connectivity index is 1.99. The van der Waals surface area contributed by atoms with Crippen molar-refractivity contribution in [1.29, 1.82) is 0 Å². The fourth-order valence-corrected chi connectivity index (χ4v) is 3.01. The summed E-state index contributed by atoms with van der Waals surface area (Å²) in [7, 11) is 0. The first kappa shape index (κ1) is 13.3. The second-order valence-electron chi connectivity index (χ2n) is 5.36. The lowest BCUT2D eigenvalue weighted by molar-refractivity contribution is 0.0353. The van der Waals surface area contributed by atoms with E-state index in [1.807, 2.05) is 12.4 Å². The Morgan fingerprint density at radius 2 is 2.05 bits per heavy atom. The highest BCUT2D eigenvalue weighted by Crippen LogP contribution is 2.36.